The number of thioether (sulfide) groups is 1. The predicted octanol–water partition coefficient (Wildman–Crippen LogP) is 3.24. The Bertz CT molecular complexity index is 950. The van der Waals surface area contributed by atoms with E-state index in [4.69, 9.17) is 4.74 Å². The molecule has 1 aromatic heterocycles. The predicted molar refractivity (Wildman–Crippen MR) is 111 cm³/mol. The molecule has 0 unspecified atom stereocenters. The first-order chi connectivity index (χ1) is 13.5. The van der Waals surface area contributed by atoms with E-state index in [0.717, 1.165) is 10.2 Å². The zero-order valence-electron chi connectivity index (χ0n) is 15.1. The number of carbonyl (C=O) groups excluding carboxylic acids is 1. The van der Waals surface area contributed by atoms with Gasteiger partial charge in [-0.3, -0.25) is 4.79 Å². The number of aromatic hydroxyl groups is 1. The Morgan fingerprint density at radius 2 is 2.04 bits per heavy atom. The zero-order valence-corrected chi connectivity index (χ0v) is 17.5. The van der Waals surface area contributed by atoms with E-state index >= 15 is 0 Å². The van der Waals surface area contributed by atoms with Gasteiger partial charge >= 0.3 is 0 Å². The van der Waals surface area contributed by atoms with Crippen molar-refractivity contribution < 1.29 is 14.6 Å². The third-order valence-corrected chi connectivity index (χ3v) is 5.32. The summed E-state index contributed by atoms with van der Waals surface area (Å²) in [4.78, 5) is 12.0. The number of amides is 1. The second kappa shape index (κ2) is 9.61. The van der Waals surface area contributed by atoms with Gasteiger partial charge in [-0.2, -0.15) is 0 Å². The van der Waals surface area contributed by atoms with Crippen LogP contribution >= 0.6 is 27.7 Å². The summed E-state index contributed by atoms with van der Waals surface area (Å²) >= 11 is 4.66. The lowest BCUT2D eigenvalue weighted by Crippen LogP contribution is -2.29. The molecule has 0 aliphatic carbocycles. The van der Waals surface area contributed by atoms with Crippen LogP contribution in [0.4, 0.5) is 0 Å². The lowest BCUT2D eigenvalue weighted by Gasteiger charge is -2.08. The average Bonchev–Trinajstić information content (AvgIpc) is 3.06. The summed E-state index contributed by atoms with van der Waals surface area (Å²) in [5, 5.41) is 21.7. The van der Waals surface area contributed by atoms with Gasteiger partial charge in [0.15, 0.2) is 11.0 Å². The molecule has 0 saturated heterocycles. The minimum atomic E-state index is -0.114. The van der Waals surface area contributed by atoms with Crippen molar-refractivity contribution in [3.05, 3.63) is 53.0 Å². The van der Waals surface area contributed by atoms with Crippen molar-refractivity contribution in [1.82, 2.24) is 20.1 Å². The number of halogens is 1. The van der Waals surface area contributed by atoms with Crippen LogP contribution in [0.2, 0.25) is 0 Å². The Balaban J connectivity index is 1.49. The van der Waals surface area contributed by atoms with Crippen molar-refractivity contribution >= 4 is 33.6 Å². The SMILES string of the molecule is Cn1c(SCC(=O)NCCOc2ccccc2)nnc1-c1cc(Br)ccc1O. The van der Waals surface area contributed by atoms with Crippen molar-refractivity contribution in [3.63, 3.8) is 0 Å². The van der Waals surface area contributed by atoms with Crippen molar-refractivity contribution in [1.29, 1.82) is 0 Å². The highest BCUT2D eigenvalue weighted by atomic mass is 79.9. The number of carbonyl (C=O) groups is 1. The van der Waals surface area contributed by atoms with Gasteiger partial charge in [-0.05, 0) is 30.3 Å². The van der Waals surface area contributed by atoms with Gasteiger partial charge < -0.3 is 19.7 Å². The maximum atomic E-state index is 12.0. The van der Waals surface area contributed by atoms with E-state index in [1.54, 1.807) is 29.8 Å². The number of phenols is 1. The summed E-state index contributed by atoms with van der Waals surface area (Å²) in [7, 11) is 1.80. The molecule has 0 bridgehead atoms. The summed E-state index contributed by atoms with van der Waals surface area (Å²) in [5.74, 6) is 1.51. The third-order valence-electron chi connectivity index (χ3n) is 3.80. The number of nitrogens with one attached hydrogen (secondary N) is 1. The number of hydrogen-bond acceptors (Lipinski definition) is 6. The maximum absolute atomic E-state index is 12.0. The first-order valence-electron chi connectivity index (χ1n) is 8.50. The van der Waals surface area contributed by atoms with Gasteiger partial charge in [0.2, 0.25) is 5.91 Å². The van der Waals surface area contributed by atoms with Crippen LogP contribution in [0.1, 0.15) is 0 Å². The van der Waals surface area contributed by atoms with Gasteiger partial charge in [0.1, 0.15) is 18.1 Å². The lowest BCUT2D eigenvalue weighted by atomic mass is 10.2. The molecule has 0 fully saturated rings. The molecule has 0 aliphatic rings. The van der Waals surface area contributed by atoms with Crippen molar-refractivity contribution in [2.24, 2.45) is 7.05 Å². The molecule has 0 spiro atoms. The molecule has 3 aromatic rings. The molecule has 1 heterocycles. The summed E-state index contributed by atoms with van der Waals surface area (Å²) in [6.45, 7) is 0.820. The van der Waals surface area contributed by atoms with Crippen LogP contribution < -0.4 is 10.1 Å². The Morgan fingerprint density at radius 1 is 1.25 bits per heavy atom. The minimum Gasteiger partial charge on any atom is -0.507 e. The molecule has 0 aliphatic heterocycles. The first-order valence-corrected chi connectivity index (χ1v) is 10.3. The molecule has 1 amide bonds. The summed E-state index contributed by atoms with van der Waals surface area (Å²) in [5.41, 5.74) is 0.568. The number of rotatable bonds is 8. The molecule has 0 atom stereocenters. The molecule has 0 radical (unpaired) electrons. The molecule has 7 nitrogen and oxygen atoms in total. The Kier molecular flexibility index (Phi) is 6.94. The minimum absolute atomic E-state index is 0.114. The molecule has 2 N–H and O–H groups in total. The molecule has 2 aromatic carbocycles. The summed E-state index contributed by atoms with van der Waals surface area (Å²) in [6, 6.07) is 14.6. The Morgan fingerprint density at radius 3 is 2.82 bits per heavy atom. The smallest absolute Gasteiger partial charge is 0.230 e. The van der Waals surface area contributed by atoms with Crippen LogP contribution in [-0.4, -0.2) is 44.7 Å². The topological polar surface area (TPSA) is 89.3 Å². The largest absolute Gasteiger partial charge is 0.507 e. The monoisotopic (exact) mass is 462 g/mol. The van der Waals surface area contributed by atoms with Gasteiger partial charge in [-0.1, -0.05) is 45.9 Å². The highest BCUT2D eigenvalue weighted by molar-refractivity contribution is 9.10. The zero-order chi connectivity index (χ0) is 19.9. The van der Waals surface area contributed by atoms with Crippen LogP contribution in [0.15, 0.2) is 58.2 Å². The van der Waals surface area contributed by atoms with Gasteiger partial charge in [-0.15, -0.1) is 10.2 Å². The van der Waals surface area contributed by atoms with E-state index in [1.165, 1.54) is 11.8 Å². The maximum Gasteiger partial charge on any atom is 0.230 e. The summed E-state index contributed by atoms with van der Waals surface area (Å²) in [6.07, 6.45) is 0. The highest BCUT2D eigenvalue weighted by Crippen LogP contribution is 2.31. The first kappa shape index (κ1) is 20.2. The number of para-hydroxylation sites is 1. The standard InChI is InChI=1S/C19H19BrN4O3S/c1-24-18(15-11-13(20)7-8-16(15)25)22-23-19(24)28-12-17(26)21-9-10-27-14-5-3-2-4-6-14/h2-8,11,25H,9-10,12H2,1H3,(H,21,26). The van der Waals surface area contributed by atoms with Gasteiger partial charge in [0.25, 0.3) is 0 Å². The number of nitrogens with zero attached hydrogens (tertiary/aromatic N) is 3. The highest BCUT2D eigenvalue weighted by Gasteiger charge is 2.15. The van der Waals surface area contributed by atoms with Crippen LogP contribution in [0, 0.1) is 0 Å². The fourth-order valence-electron chi connectivity index (χ4n) is 2.42. The summed E-state index contributed by atoms with van der Waals surface area (Å²) < 4.78 is 8.11. The Labute approximate surface area is 175 Å². The van der Waals surface area contributed by atoms with Crippen LogP contribution in [0.5, 0.6) is 11.5 Å². The fourth-order valence-corrected chi connectivity index (χ4v) is 3.52. The molecule has 0 saturated carbocycles. The molecule has 28 heavy (non-hydrogen) atoms. The van der Waals surface area contributed by atoms with E-state index in [9.17, 15) is 9.90 Å². The molecule has 9 heteroatoms. The number of aromatic nitrogens is 3. The van der Waals surface area contributed by atoms with Gasteiger partial charge in [0, 0.05) is 11.5 Å². The Hall–Kier alpha value is -2.52. The number of benzene rings is 2. The quantitative estimate of drug-likeness (QED) is 0.394. The van der Waals surface area contributed by atoms with E-state index in [2.05, 4.69) is 31.4 Å². The van der Waals surface area contributed by atoms with Crippen LogP contribution in [0.3, 0.4) is 0 Å². The molecule has 3 rings (SSSR count). The van der Waals surface area contributed by atoms with E-state index in [0.29, 0.717) is 29.7 Å². The number of hydrogen-bond donors (Lipinski definition) is 2. The average molecular weight is 463 g/mol. The second-order valence-electron chi connectivity index (χ2n) is 5.83. The van der Waals surface area contributed by atoms with Crippen molar-refractivity contribution in [2.45, 2.75) is 5.16 Å². The normalized spacial score (nSPS) is 10.6. The van der Waals surface area contributed by atoms with Crippen molar-refractivity contribution in [2.75, 3.05) is 18.9 Å². The fraction of sp³-hybridized carbons (Fsp3) is 0.211. The molecule has 146 valence electrons. The van der Waals surface area contributed by atoms with Crippen LogP contribution in [0.25, 0.3) is 11.4 Å². The molecular weight excluding hydrogens is 444 g/mol. The second-order valence-corrected chi connectivity index (χ2v) is 7.68. The van der Waals surface area contributed by atoms with Crippen molar-refractivity contribution in [3.8, 4) is 22.9 Å². The number of ether oxygens (including phenoxy) is 1. The van der Waals surface area contributed by atoms with E-state index in [-0.39, 0.29) is 17.4 Å². The van der Waals surface area contributed by atoms with E-state index < -0.39 is 0 Å². The van der Waals surface area contributed by atoms with Gasteiger partial charge in [-0.25, -0.2) is 0 Å². The lowest BCUT2D eigenvalue weighted by molar-refractivity contribution is -0.118. The number of phenolic OH excluding ortho intramolecular Hbond substituents is 1. The van der Waals surface area contributed by atoms with E-state index in [1.807, 2.05) is 30.3 Å². The van der Waals surface area contributed by atoms with Gasteiger partial charge in [0.05, 0.1) is 17.9 Å². The van der Waals surface area contributed by atoms with Crippen LogP contribution in [-0.2, 0) is 11.8 Å². The third kappa shape index (κ3) is 5.26. The molecular formula is C19H19BrN4O3S.